The molecular weight excluding hydrogens is 398 g/mol. The molecule has 124 valence electrons. The molecule has 0 spiro atoms. The van der Waals surface area contributed by atoms with E-state index in [2.05, 4.69) is 33.4 Å². The molecule has 0 saturated carbocycles. The van der Waals surface area contributed by atoms with Gasteiger partial charge in [-0.25, -0.2) is 0 Å². The maximum absolute atomic E-state index is 12.3. The average molecular weight is 416 g/mol. The number of amides is 1. The number of hydrogen-bond acceptors (Lipinski definition) is 5. The van der Waals surface area contributed by atoms with Crippen LogP contribution in [0.15, 0.2) is 34.1 Å². The maximum atomic E-state index is 12.3. The van der Waals surface area contributed by atoms with E-state index >= 15 is 0 Å². The number of benzene rings is 1. The summed E-state index contributed by atoms with van der Waals surface area (Å²) < 4.78 is 11.5. The highest BCUT2D eigenvalue weighted by Gasteiger charge is 2.13. The van der Waals surface area contributed by atoms with Gasteiger partial charge in [0, 0.05) is 22.9 Å². The largest absolute Gasteiger partial charge is 0.497 e. The van der Waals surface area contributed by atoms with Gasteiger partial charge in [0.1, 0.15) is 11.5 Å². The summed E-state index contributed by atoms with van der Waals surface area (Å²) in [5, 5.41) is 2.92. The molecule has 0 saturated heterocycles. The molecule has 2 aromatic rings. The second kappa shape index (κ2) is 9.20. The first-order valence-electron chi connectivity index (χ1n) is 6.96. The molecule has 0 aliphatic rings. The molecular formula is C16H18BrNO3S2. The zero-order valence-corrected chi connectivity index (χ0v) is 16.1. The van der Waals surface area contributed by atoms with Crippen LogP contribution in [0, 0.1) is 0 Å². The minimum absolute atomic E-state index is 0.153. The SMILES string of the molecule is COc1ccc(OC)c(C(=O)NCCSCc2ccc(Br)s2)c1. The normalized spacial score (nSPS) is 10.4. The lowest BCUT2D eigenvalue weighted by Gasteiger charge is -2.10. The van der Waals surface area contributed by atoms with E-state index in [1.807, 2.05) is 0 Å². The van der Waals surface area contributed by atoms with Gasteiger partial charge in [0.15, 0.2) is 0 Å². The van der Waals surface area contributed by atoms with Crippen molar-refractivity contribution >= 4 is 44.9 Å². The van der Waals surface area contributed by atoms with E-state index in [1.54, 1.807) is 55.5 Å². The van der Waals surface area contributed by atoms with Crippen molar-refractivity contribution in [2.75, 3.05) is 26.5 Å². The quantitative estimate of drug-likeness (QED) is 0.656. The summed E-state index contributed by atoms with van der Waals surface area (Å²) in [7, 11) is 3.12. The molecule has 1 amide bonds. The Labute approximate surface area is 152 Å². The van der Waals surface area contributed by atoms with Crippen molar-refractivity contribution in [2.45, 2.75) is 5.75 Å². The van der Waals surface area contributed by atoms with E-state index in [4.69, 9.17) is 9.47 Å². The van der Waals surface area contributed by atoms with Crippen molar-refractivity contribution in [1.82, 2.24) is 5.32 Å². The van der Waals surface area contributed by atoms with Crippen molar-refractivity contribution in [3.8, 4) is 11.5 Å². The lowest BCUT2D eigenvalue weighted by atomic mass is 10.1. The monoisotopic (exact) mass is 415 g/mol. The Balaban J connectivity index is 1.80. The summed E-state index contributed by atoms with van der Waals surface area (Å²) in [4.78, 5) is 13.6. The smallest absolute Gasteiger partial charge is 0.255 e. The fraction of sp³-hybridized carbons (Fsp3) is 0.312. The molecule has 1 aromatic heterocycles. The van der Waals surface area contributed by atoms with Crippen LogP contribution in [0.4, 0.5) is 0 Å². The van der Waals surface area contributed by atoms with Gasteiger partial charge in [-0.2, -0.15) is 11.8 Å². The van der Waals surface area contributed by atoms with Crippen molar-refractivity contribution < 1.29 is 14.3 Å². The summed E-state index contributed by atoms with van der Waals surface area (Å²) in [5.74, 6) is 2.83. The van der Waals surface area contributed by atoms with Crippen LogP contribution in [0.5, 0.6) is 11.5 Å². The predicted octanol–water partition coefficient (Wildman–Crippen LogP) is 4.19. The molecule has 1 heterocycles. The third-order valence-corrected chi connectivity index (χ3v) is 5.87. The summed E-state index contributed by atoms with van der Waals surface area (Å²) in [6.07, 6.45) is 0. The molecule has 0 unspecified atom stereocenters. The zero-order valence-electron chi connectivity index (χ0n) is 12.9. The third-order valence-electron chi connectivity index (χ3n) is 3.06. The number of rotatable bonds is 8. The van der Waals surface area contributed by atoms with E-state index in [0.29, 0.717) is 23.6 Å². The van der Waals surface area contributed by atoms with E-state index < -0.39 is 0 Å². The Morgan fingerprint density at radius 1 is 1.26 bits per heavy atom. The molecule has 1 aromatic carbocycles. The number of carbonyl (C=O) groups excluding carboxylic acids is 1. The van der Waals surface area contributed by atoms with Gasteiger partial charge in [0.25, 0.3) is 5.91 Å². The first-order valence-corrected chi connectivity index (χ1v) is 9.72. The fourth-order valence-electron chi connectivity index (χ4n) is 1.93. The summed E-state index contributed by atoms with van der Waals surface area (Å²) in [6, 6.07) is 9.35. The van der Waals surface area contributed by atoms with E-state index in [9.17, 15) is 4.79 Å². The van der Waals surface area contributed by atoms with E-state index in [1.165, 1.54) is 4.88 Å². The standard InChI is InChI=1S/C16H18BrNO3S2/c1-20-11-3-5-14(21-2)13(9-11)16(19)18-7-8-22-10-12-4-6-15(17)23-12/h3-6,9H,7-8,10H2,1-2H3,(H,18,19). The minimum Gasteiger partial charge on any atom is -0.497 e. The molecule has 2 rings (SSSR count). The molecule has 4 nitrogen and oxygen atoms in total. The number of methoxy groups -OCH3 is 2. The fourth-order valence-corrected chi connectivity index (χ4v) is 4.38. The first-order chi connectivity index (χ1) is 11.1. The van der Waals surface area contributed by atoms with Crippen LogP contribution >= 0.6 is 39.0 Å². The zero-order chi connectivity index (χ0) is 16.7. The van der Waals surface area contributed by atoms with Crippen LogP contribution < -0.4 is 14.8 Å². The lowest BCUT2D eigenvalue weighted by Crippen LogP contribution is -2.26. The molecule has 0 aliphatic heterocycles. The van der Waals surface area contributed by atoms with E-state index in [0.717, 1.165) is 15.3 Å². The molecule has 0 atom stereocenters. The second-order valence-corrected chi connectivity index (χ2v) is 8.23. The number of carbonyl (C=O) groups is 1. The minimum atomic E-state index is -0.153. The Morgan fingerprint density at radius 3 is 2.74 bits per heavy atom. The van der Waals surface area contributed by atoms with Crippen molar-refractivity contribution in [3.63, 3.8) is 0 Å². The number of thiophene rings is 1. The number of nitrogens with one attached hydrogen (secondary N) is 1. The highest BCUT2D eigenvalue weighted by molar-refractivity contribution is 9.11. The van der Waals surface area contributed by atoms with Crippen LogP contribution in [-0.4, -0.2) is 32.4 Å². The Hall–Kier alpha value is -1.18. The maximum Gasteiger partial charge on any atom is 0.255 e. The Kier molecular flexibility index (Phi) is 7.26. The van der Waals surface area contributed by atoms with Crippen molar-refractivity contribution in [2.24, 2.45) is 0 Å². The molecule has 0 fully saturated rings. The lowest BCUT2D eigenvalue weighted by molar-refractivity contribution is 0.0953. The van der Waals surface area contributed by atoms with Gasteiger partial charge in [-0.1, -0.05) is 0 Å². The van der Waals surface area contributed by atoms with E-state index in [-0.39, 0.29) is 5.91 Å². The van der Waals surface area contributed by atoms with Crippen LogP contribution in [0.25, 0.3) is 0 Å². The van der Waals surface area contributed by atoms with Gasteiger partial charge in [0.05, 0.1) is 23.6 Å². The third kappa shape index (κ3) is 5.44. The summed E-state index contributed by atoms with van der Waals surface area (Å²) >= 11 is 6.98. The first kappa shape index (κ1) is 18.2. The molecule has 23 heavy (non-hydrogen) atoms. The highest BCUT2D eigenvalue weighted by atomic mass is 79.9. The predicted molar refractivity (Wildman–Crippen MR) is 100 cm³/mol. The number of thioether (sulfide) groups is 1. The van der Waals surface area contributed by atoms with Crippen LogP contribution in [0.1, 0.15) is 15.2 Å². The summed E-state index contributed by atoms with van der Waals surface area (Å²) in [5.41, 5.74) is 0.485. The Bertz CT molecular complexity index is 661. The number of halogens is 1. The van der Waals surface area contributed by atoms with Gasteiger partial charge >= 0.3 is 0 Å². The van der Waals surface area contributed by atoms with Crippen LogP contribution in [0.2, 0.25) is 0 Å². The topological polar surface area (TPSA) is 47.6 Å². The van der Waals surface area contributed by atoms with Crippen molar-refractivity contribution in [3.05, 3.63) is 44.6 Å². The summed E-state index contributed by atoms with van der Waals surface area (Å²) in [6.45, 7) is 0.608. The van der Waals surface area contributed by atoms with Gasteiger partial charge in [-0.3, -0.25) is 4.79 Å². The van der Waals surface area contributed by atoms with Crippen molar-refractivity contribution in [1.29, 1.82) is 0 Å². The highest BCUT2D eigenvalue weighted by Crippen LogP contribution is 2.26. The molecule has 0 aliphatic carbocycles. The van der Waals surface area contributed by atoms with Crippen LogP contribution in [0.3, 0.4) is 0 Å². The van der Waals surface area contributed by atoms with Gasteiger partial charge in [-0.15, -0.1) is 11.3 Å². The second-order valence-electron chi connectivity index (χ2n) is 4.58. The van der Waals surface area contributed by atoms with Gasteiger partial charge in [0.2, 0.25) is 0 Å². The number of hydrogen-bond donors (Lipinski definition) is 1. The average Bonchev–Trinajstić information content (AvgIpc) is 2.99. The molecule has 1 N–H and O–H groups in total. The van der Waals surface area contributed by atoms with Gasteiger partial charge in [-0.05, 0) is 46.3 Å². The molecule has 7 heteroatoms. The number of ether oxygens (including phenoxy) is 2. The van der Waals surface area contributed by atoms with Gasteiger partial charge < -0.3 is 14.8 Å². The Morgan fingerprint density at radius 2 is 2.09 bits per heavy atom. The molecule has 0 bridgehead atoms. The van der Waals surface area contributed by atoms with Crippen LogP contribution in [-0.2, 0) is 5.75 Å². The molecule has 0 radical (unpaired) electrons.